The Morgan fingerprint density at radius 1 is 1.00 bits per heavy atom. The molecule has 0 bridgehead atoms. The van der Waals surface area contributed by atoms with Crippen LogP contribution in [0.5, 0.6) is 0 Å². The van der Waals surface area contributed by atoms with Gasteiger partial charge in [-0.05, 0) is 55.5 Å². The number of ether oxygens (including phenoxy) is 1. The van der Waals surface area contributed by atoms with Gasteiger partial charge in [0.25, 0.3) is 5.91 Å². The van der Waals surface area contributed by atoms with E-state index in [0.29, 0.717) is 11.6 Å². The van der Waals surface area contributed by atoms with E-state index in [0.717, 1.165) is 16.7 Å². The molecule has 142 valence electrons. The van der Waals surface area contributed by atoms with Crippen LogP contribution in [-0.4, -0.2) is 18.0 Å². The molecule has 0 aliphatic heterocycles. The molecule has 4 heteroatoms. The maximum atomic E-state index is 12.2. The Bertz CT molecular complexity index is 835. The lowest BCUT2D eigenvalue weighted by atomic mass is 10.0. The summed E-state index contributed by atoms with van der Waals surface area (Å²) in [6.07, 6.45) is 2.14. The van der Waals surface area contributed by atoms with E-state index in [2.05, 4.69) is 19.2 Å². The number of nitrogens with one attached hydrogen (secondary N) is 1. The van der Waals surface area contributed by atoms with Gasteiger partial charge in [0.2, 0.25) is 0 Å². The summed E-state index contributed by atoms with van der Waals surface area (Å²) < 4.78 is 5.19. The van der Waals surface area contributed by atoms with Crippen LogP contribution in [0, 0.1) is 13.8 Å². The Kier molecular flexibility index (Phi) is 6.94. The van der Waals surface area contributed by atoms with Gasteiger partial charge in [-0.25, -0.2) is 4.79 Å². The number of benzene rings is 2. The highest BCUT2D eigenvalue weighted by atomic mass is 16.5. The van der Waals surface area contributed by atoms with Gasteiger partial charge >= 0.3 is 5.97 Å². The van der Waals surface area contributed by atoms with Crippen LogP contribution < -0.4 is 5.32 Å². The van der Waals surface area contributed by atoms with Crippen molar-refractivity contribution in [2.45, 2.75) is 46.6 Å². The molecule has 1 amide bonds. The van der Waals surface area contributed by atoms with E-state index in [1.807, 2.05) is 56.3 Å². The number of carbonyl (C=O) groups excluding carboxylic acids is 2. The average molecular weight is 365 g/mol. The van der Waals surface area contributed by atoms with Gasteiger partial charge in [0.05, 0.1) is 0 Å². The number of anilines is 1. The summed E-state index contributed by atoms with van der Waals surface area (Å²) in [6, 6.07) is 13.7. The number of hydrogen-bond acceptors (Lipinski definition) is 3. The highest BCUT2D eigenvalue weighted by molar-refractivity contribution is 5.97. The molecule has 0 aromatic heterocycles. The zero-order valence-corrected chi connectivity index (χ0v) is 16.6. The van der Waals surface area contributed by atoms with Crippen LogP contribution in [0.3, 0.4) is 0 Å². The van der Waals surface area contributed by atoms with E-state index in [1.54, 1.807) is 13.0 Å². The lowest BCUT2D eigenvalue weighted by molar-refractivity contribution is -0.148. The molecule has 2 rings (SSSR count). The zero-order chi connectivity index (χ0) is 20.0. The normalized spacial score (nSPS) is 12.2. The lowest BCUT2D eigenvalue weighted by Crippen LogP contribution is -2.29. The van der Waals surface area contributed by atoms with Crippen molar-refractivity contribution in [1.82, 2.24) is 0 Å². The third-order valence-electron chi connectivity index (χ3n) is 4.32. The molecule has 4 nitrogen and oxygen atoms in total. The first-order chi connectivity index (χ1) is 12.8. The molecule has 0 heterocycles. The van der Waals surface area contributed by atoms with Crippen LogP contribution >= 0.6 is 0 Å². The fourth-order valence-electron chi connectivity index (χ4n) is 2.61. The average Bonchev–Trinajstić information content (AvgIpc) is 2.62. The third kappa shape index (κ3) is 6.10. The molecule has 27 heavy (non-hydrogen) atoms. The predicted octanol–water partition coefficient (Wildman–Crippen LogP) is 5.01. The van der Waals surface area contributed by atoms with Crippen molar-refractivity contribution >= 4 is 23.6 Å². The first-order valence-corrected chi connectivity index (χ1v) is 9.13. The number of hydrogen-bond donors (Lipinski definition) is 1. The Morgan fingerprint density at radius 2 is 1.67 bits per heavy atom. The van der Waals surface area contributed by atoms with Crippen LogP contribution in [0.25, 0.3) is 6.08 Å². The predicted molar refractivity (Wildman–Crippen MR) is 110 cm³/mol. The van der Waals surface area contributed by atoms with Crippen molar-refractivity contribution in [1.29, 1.82) is 0 Å². The van der Waals surface area contributed by atoms with Crippen molar-refractivity contribution in [3.8, 4) is 0 Å². The molecule has 0 fully saturated rings. The van der Waals surface area contributed by atoms with Crippen LogP contribution in [0.15, 0.2) is 48.5 Å². The molecule has 0 saturated heterocycles. The highest BCUT2D eigenvalue weighted by Gasteiger charge is 2.17. The van der Waals surface area contributed by atoms with E-state index < -0.39 is 12.1 Å². The summed E-state index contributed by atoms with van der Waals surface area (Å²) in [5, 5.41) is 2.79. The van der Waals surface area contributed by atoms with Crippen molar-refractivity contribution in [2.24, 2.45) is 0 Å². The van der Waals surface area contributed by atoms with Crippen LogP contribution in [0.1, 0.15) is 48.9 Å². The van der Waals surface area contributed by atoms with E-state index in [-0.39, 0.29) is 5.91 Å². The fraction of sp³-hybridized carbons (Fsp3) is 0.304. The van der Waals surface area contributed by atoms with Gasteiger partial charge < -0.3 is 10.1 Å². The molecule has 0 aliphatic carbocycles. The Balaban J connectivity index is 1.91. The van der Waals surface area contributed by atoms with Crippen LogP contribution in [0.2, 0.25) is 0 Å². The van der Waals surface area contributed by atoms with Crippen LogP contribution in [0.4, 0.5) is 5.69 Å². The van der Waals surface area contributed by atoms with Crippen molar-refractivity contribution in [2.75, 3.05) is 5.32 Å². The molecule has 0 aliphatic rings. The second kappa shape index (κ2) is 9.17. The molecule has 0 radical (unpaired) electrons. The fourth-order valence-corrected chi connectivity index (χ4v) is 2.61. The summed E-state index contributed by atoms with van der Waals surface area (Å²) in [7, 11) is 0. The second-order valence-electron chi connectivity index (χ2n) is 7.04. The summed E-state index contributed by atoms with van der Waals surface area (Å²) >= 11 is 0. The standard InChI is InChI=1S/C23H27NO3/c1-15(2)20-10-7-19(8-11-20)9-13-22(25)27-18(5)23(26)24-21-12-6-16(3)14-17(21)4/h6-15,18H,1-5H3,(H,24,26)/b13-9+/t18-/m1/s1. The maximum Gasteiger partial charge on any atom is 0.331 e. The quantitative estimate of drug-likeness (QED) is 0.578. The molecule has 0 saturated carbocycles. The zero-order valence-electron chi connectivity index (χ0n) is 16.6. The number of esters is 1. The minimum atomic E-state index is -0.883. The van der Waals surface area contributed by atoms with Crippen molar-refractivity contribution in [3.63, 3.8) is 0 Å². The Hall–Kier alpha value is -2.88. The van der Waals surface area contributed by atoms with E-state index in [1.165, 1.54) is 11.6 Å². The Labute approximate surface area is 161 Å². The van der Waals surface area contributed by atoms with Gasteiger partial charge in [0.1, 0.15) is 0 Å². The van der Waals surface area contributed by atoms with Gasteiger partial charge in [-0.2, -0.15) is 0 Å². The van der Waals surface area contributed by atoms with Gasteiger partial charge in [-0.1, -0.05) is 55.8 Å². The minimum absolute atomic E-state index is 0.356. The van der Waals surface area contributed by atoms with Gasteiger partial charge in [-0.3, -0.25) is 4.79 Å². The SMILES string of the molecule is Cc1ccc(NC(=O)[C@@H](C)OC(=O)/C=C/c2ccc(C(C)C)cc2)c(C)c1. The number of aryl methyl sites for hydroxylation is 2. The largest absolute Gasteiger partial charge is 0.449 e. The summed E-state index contributed by atoms with van der Waals surface area (Å²) in [6.45, 7) is 9.74. The molecule has 0 unspecified atom stereocenters. The molecule has 2 aromatic carbocycles. The second-order valence-corrected chi connectivity index (χ2v) is 7.04. The molecular weight excluding hydrogens is 338 g/mol. The van der Waals surface area contributed by atoms with Gasteiger partial charge in [0, 0.05) is 11.8 Å². The van der Waals surface area contributed by atoms with E-state index >= 15 is 0 Å². The first-order valence-electron chi connectivity index (χ1n) is 9.13. The first kappa shape index (κ1) is 20.4. The molecule has 2 aromatic rings. The van der Waals surface area contributed by atoms with E-state index in [9.17, 15) is 9.59 Å². The molecule has 1 N–H and O–H groups in total. The van der Waals surface area contributed by atoms with Crippen molar-refractivity contribution < 1.29 is 14.3 Å². The highest BCUT2D eigenvalue weighted by Crippen LogP contribution is 2.17. The smallest absolute Gasteiger partial charge is 0.331 e. The minimum Gasteiger partial charge on any atom is -0.449 e. The third-order valence-corrected chi connectivity index (χ3v) is 4.32. The molecule has 1 atom stereocenters. The number of rotatable bonds is 6. The summed E-state index contributed by atoms with van der Waals surface area (Å²) in [4.78, 5) is 24.2. The number of carbonyl (C=O) groups is 2. The topological polar surface area (TPSA) is 55.4 Å². The monoisotopic (exact) mass is 365 g/mol. The van der Waals surface area contributed by atoms with Crippen LogP contribution in [-0.2, 0) is 14.3 Å². The van der Waals surface area contributed by atoms with Crippen molar-refractivity contribution in [3.05, 3.63) is 70.8 Å². The summed E-state index contributed by atoms with van der Waals surface area (Å²) in [5.41, 5.74) is 4.95. The van der Waals surface area contributed by atoms with Gasteiger partial charge in [0.15, 0.2) is 6.10 Å². The van der Waals surface area contributed by atoms with Gasteiger partial charge in [-0.15, -0.1) is 0 Å². The molecular formula is C23H27NO3. The maximum absolute atomic E-state index is 12.2. The molecule has 0 spiro atoms. The summed E-state index contributed by atoms with van der Waals surface area (Å²) in [5.74, 6) is -0.444. The van der Waals surface area contributed by atoms with E-state index in [4.69, 9.17) is 4.74 Å². The number of amides is 1. The Morgan fingerprint density at radius 3 is 2.26 bits per heavy atom. The lowest BCUT2D eigenvalue weighted by Gasteiger charge is -2.14.